The number of unbranched alkanes of at least 4 members (excludes halogenated alkanes) is 1. The Bertz CT molecular complexity index is 998. The Morgan fingerprint density at radius 2 is 1.33 bits per heavy atom. The number of benzene rings is 2. The van der Waals surface area contributed by atoms with E-state index >= 15 is 0 Å². The normalized spacial score (nSPS) is 13.3. The fraction of sp³-hybridized carbons (Fsp3) is 0.455. The van der Waals surface area contributed by atoms with Crippen molar-refractivity contribution in [2.75, 3.05) is 6.61 Å². The average molecular weight is 454 g/mol. The third kappa shape index (κ3) is 7.50. The van der Waals surface area contributed by atoms with Gasteiger partial charge in [-0.3, -0.25) is 4.18 Å². The summed E-state index contributed by atoms with van der Waals surface area (Å²) in [6.07, 6.45) is 3.36. The Labute approximate surface area is 180 Å². The molecule has 0 bridgehead atoms. The van der Waals surface area contributed by atoms with Gasteiger partial charge in [0.05, 0.1) is 16.4 Å². The molecule has 0 unspecified atom stereocenters. The second-order valence-electron chi connectivity index (χ2n) is 7.50. The molecule has 0 saturated carbocycles. The summed E-state index contributed by atoms with van der Waals surface area (Å²) in [6, 6.07) is 13.1. The first-order valence-electron chi connectivity index (χ1n) is 10.2. The highest BCUT2D eigenvalue weighted by Crippen LogP contribution is 2.16. The fourth-order valence-corrected chi connectivity index (χ4v) is 5.30. The first-order chi connectivity index (χ1) is 14.1. The number of aryl methyl sites for hydroxylation is 2. The molecule has 0 fully saturated rings. The lowest BCUT2D eigenvalue weighted by Crippen LogP contribution is -2.34. The minimum atomic E-state index is -3.77. The Balaban J connectivity index is 1.84. The van der Waals surface area contributed by atoms with E-state index in [4.69, 9.17) is 4.18 Å². The van der Waals surface area contributed by atoms with Crippen LogP contribution in [0.25, 0.3) is 0 Å². The first kappa shape index (κ1) is 24.5. The molecular formula is C22H31NO5S2. The third-order valence-corrected chi connectivity index (χ3v) is 7.65. The van der Waals surface area contributed by atoms with Gasteiger partial charge in [-0.25, -0.2) is 13.1 Å². The summed E-state index contributed by atoms with van der Waals surface area (Å²) in [5.41, 5.74) is 1.98. The van der Waals surface area contributed by atoms with Crippen LogP contribution in [-0.2, 0) is 24.3 Å². The molecule has 0 aliphatic carbocycles. The minimum Gasteiger partial charge on any atom is -0.266 e. The van der Waals surface area contributed by atoms with Crippen LogP contribution < -0.4 is 4.72 Å². The van der Waals surface area contributed by atoms with E-state index in [1.807, 2.05) is 20.8 Å². The molecule has 0 aliphatic rings. The zero-order valence-corrected chi connectivity index (χ0v) is 19.4. The highest BCUT2D eigenvalue weighted by molar-refractivity contribution is 7.89. The summed E-state index contributed by atoms with van der Waals surface area (Å²) in [7, 11) is -7.35. The lowest BCUT2D eigenvalue weighted by atomic mass is 10.1. The molecule has 30 heavy (non-hydrogen) atoms. The van der Waals surface area contributed by atoms with E-state index < -0.39 is 20.1 Å². The van der Waals surface area contributed by atoms with Gasteiger partial charge in [0, 0.05) is 6.04 Å². The van der Waals surface area contributed by atoms with E-state index in [1.54, 1.807) is 36.4 Å². The molecule has 0 spiro atoms. The summed E-state index contributed by atoms with van der Waals surface area (Å²) >= 11 is 0. The van der Waals surface area contributed by atoms with E-state index in [-0.39, 0.29) is 22.4 Å². The topological polar surface area (TPSA) is 89.5 Å². The Hall–Kier alpha value is -1.74. The minimum absolute atomic E-state index is 0.0692. The van der Waals surface area contributed by atoms with Gasteiger partial charge in [0.2, 0.25) is 10.0 Å². The van der Waals surface area contributed by atoms with E-state index in [9.17, 15) is 16.8 Å². The summed E-state index contributed by atoms with van der Waals surface area (Å²) in [6.45, 7) is 5.87. The maximum Gasteiger partial charge on any atom is 0.296 e. The molecule has 0 saturated heterocycles. The molecule has 0 aromatic heterocycles. The van der Waals surface area contributed by atoms with Gasteiger partial charge in [-0.2, -0.15) is 8.42 Å². The number of hydrogen-bond donors (Lipinski definition) is 1. The van der Waals surface area contributed by atoms with E-state index in [1.165, 1.54) is 12.1 Å². The molecule has 0 heterocycles. The quantitative estimate of drug-likeness (QED) is 0.382. The second-order valence-corrected chi connectivity index (χ2v) is 10.8. The van der Waals surface area contributed by atoms with E-state index in [2.05, 4.69) is 4.72 Å². The van der Waals surface area contributed by atoms with Gasteiger partial charge in [0.1, 0.15) is 0 Å². The smallest absolute Gasteiger partial charge is 0.266 e. The van der Waals surface area contributed by atoms with Crippen LogP contribution in [0.2, 0.25) is 0 Å². The van der Waals surface area contributed by atoms with Crippen LogP contribution in [0, 0.1) is 13.8 Å². The number of rotatable bonds is 12. The first-order valence-corrected chi connectivity index (χ1v) is 13.1. The Morgan fingerprint density at radius 3 is 1.87 bits per heavy atom. The predicted octanol–water partition coefficient (Wildman–Crippen LogP) is 4.33. The maximum atomic E-state index is 12.6. The lowest BCUT2D eigenvalue weighted by Gasteiger charge is -2.18. The zero-order valence-electron chi connectivity index (χ0n) is 17.8. The van der Waals surface area contributed by atoms with E-state index in [0.29, 0.717) is 25.7 Å². The molecule has 0 radical (unpaired) electrons. The number of nitrogens with one attached hydrogen (secondary N) is 1. The molecule has 1 N–H and O–H groups in total. The second kappa shape index (κ2) is 11.0. The molecule has 8 heteroatoms. The van der Waals surface area contributed by atoms with Crippen LogP contribution in [-0.4, -0.2) is 29.5 Å². The standard InChI is InChI=1S/C22H31NO5S2/c1-4-7-20(23-29(24,25)21-13-9-18(2)10-14-21)8-5-6-17-28-30(26,27)22-15-11-19(3)12-16-22/h9-16,20,23H,4-8,17H2,1-3H3/t20-/m1/s1. The molecule has 166 valence electrons. The van der Waals surface area contributed by atoms with Crippen molar-refractivity contribution >= 4 is 20.1 Å². The van der Waals surface area contributed by atoms with Gasteiger partial charge < -0.3 is 0 Å². The summed E-state index contributed by atoms with van der Waals surface area (Å²) in [5.74, 6) is 0. The third-order valence-electron chi connectivity index (χ3n) is 4.79. The molecule has 2 rings (SSSR count). The number of sulfonamides is 1. The zero-order chi connectivity index (χ0) is 22.2. The van der Waals surface area contributed by atoms with Crippen molar-refractivity contribution in [3.63, 3.8) is 0 Å². The monoisotopic (exact) mass is 453 g/mol. The molecule has 2 aromatic carbocycles. The van der Waals surface area contributed by atoms with Crippen molar-refractivity contribution in [3.8, 4) is 0 Å². The molecular weight excluding hydrogens is 422 g/mol. The highest BCUT2D eigenvalue weighted by atomic mass is 32.2. The van der Waals surface area contributed by atoms with Crippen molar-refractivity contribution in [1.29, 1.82) is 0 Å². The van der Waals surface area contributed by atoms with Crippen LogP contribution in [0.1, 0.15) is 50.2 Å². The fourth-order valence-electron chi connectivity index (χ4n) is 3.05. The lowest BCUT2D eigenvalue weighted by molar-refractivity contribution is 0.303. The molecule has 2 aromatic rings. The largest absolute Gasteiger partial charge is 0.296 e. The molecule has 0 amide bonds. The van der Waals surface area contributed by atoms with Gasteiger partial charge in [0.15, 0.2) is 0 Å². The van der Waals surface area contributed by atoms with Crippen LogP contribution in [0.4, 0.5) is 0 Å². The summed E-state index contributed by atoms with van der Waals surface area (Å²) < 4.78 is 57.5. The SMILES string of the molecule is CCC[C@H](CCCCOS(=O)(=O)c1ccc(C)cc1)NS(=O)(=O)c1ccc(C)cc1. The average Bonchev–Trinajstić information content (AvgIpc) is 2.68. The van der Waals surface area contributed by atoms with Gasteiger partial charge in [-0.15, -0.1) is 0 Å². The van der Waals surface area contributed by atoms with E-state index in [0.717, 1.165) is 17.5 Å². The van der Waals surface area contributed by atoms with Crippen LogP contribution in [0.5, 0.6) is 0 Å². The van der Waals surface area contributed by atoms with Gasteiger partial charge >= 0.3 is 0 Å². The highest BCUT2D eigenvalue weighted by Gasteiger charge is 2.20. The number of hydrogen-bond acceptors (Lipinski definition) is 5. The Morgan fingerprint density at radius 1 is 0.800 bits per heavy atom. The Kier molecular flexibility index (Phi) is 9.03. The van der Waals surface area contributed by atoms with Crippen LogP contribution >= 0.6 is 0 Å². The van der Waals surface area contributed by atoms with Gasteiger partial charge in [-0.05, 0) is 63.8 Å². The molecule has 1 atom stereocenters. The summed E-state index contributed by atoms with van der Waals surface area (Å²) in [4.78, 5) is 0.393. The van der Waals surface area contributed by atoms with Crippen LogP contribution in [0.15, 0.2) is 58.3 Å². The molecule has 0 aliphatic heterocycles. The summed E-state index contributed by atoms with van der Waals surface area (Å²) in [5, 5.41) is 0. The maximum absolute atomic E-state index is 12.6. The predicted molar refractivity (Wildman–Crippen MR) is 118 cm³/mol. The molecule has 6 nitrogen and oxygen atoms in total. The van der Waals surface area contributed by atoms with Gasteiger partial charge in [-0.1, -0.05) is 48.7 Å². The van der Waals surface area contributed by atoms with Crippen molar-refractivity contribution in [2.45, 2.75) is 68.7 Å². The van der Waals surface area contributed by atoms with Crippen molar-refractivity contribution in [1.82, 2.24) is 4.72 Å². The van der Waals surface area contributed by atoms with Crippen molar-refractivity contribution in [3.05, 3.63) is 59.7 Å². The van der Waals surface area contributed by atoms with Gasteiger partial charge in [0.25, 0.3) is 10.1 Å². The van der Waals surface area contributed by atoms with Crippen molar-refractivity contribution in [2.24, 2.45) is 0 Å². The van der Waals surface area contributed by atoms with Crippen LogP contribution in [0.3, 0.4) is 0 Å². The van der Waals surface area contributed by atoms with Crippen molar-refractivity contribution < 1.29 is 21.0 Å².